The molecule has 0 saturated heterocycles. The van der Waals surface area contributed by atoms with Gasteiger partial charge in [-0.15, -0.1) is 11.8 Å². The van der Waals surface area contributed by atoms with Crippen LogP contribution in [0.1, 0.15) is 23.7 Å². The van der Waals surface area contributed by atoms with Crippen LogP contribution >= 0.6 is 11.8 Å². The van der Waals surface area contributed by atoms with Crippen molar-refractivity contribution in [2.75, 3.05) is 10.6 Å². The van der Waals surface area contributed by atoms with E-state index in [1.54, 1.807) is 24.3 Å². The third kappa shape index (κ3) is 3.65. The number of anilines is 2. The Morgan fingerprint density at radius 2 is 1.96 bits per heavy atom. The number of ketones is 1. The summed E-state index contributed by atoms with van der Waals surface area (Å²) in [5, 5.41) is 5.09. The first-order valence-corrected chi connectivity index (χ1v) is 8.38. The fourth-order valence-electron chi connectivity index (χ4n) is 2.42. The van der Waals surface area contributed by atoms with Gasteiger partial charge in [-0.1, -0.05) is 24.3 Å². The SMILES string of the molecule is CC(=O)c1cccc(NC(=O)C[C@@H]2Sc3ccccc3NC2=O)c1. The van der Waals surface area contributed by atoms with Crippen LogP contribution in [0, 0.1) is 0 Å². The van der Waals surface area contributed by atoms with Gasteiger partial charge in [0.05, 0.1) is 10.9 Å². The lowest BCUT2D eigenvalue weighted by Crippen LogP contribution is -2.32. The first-order chi connectivity index (χ1) is 11.5. The maximum atomic E-state index is 12.2. The third-order valence-electron chi connectivity index (χ3n) is 3.63. The van der Waals surface area contributed by atoms with E-state index in [0.717, 1.165) is 10.6 Å². The molecule has 2 aromatic rings. The molecule has 0 spiro atoms. The molecule has 2 aromatic carbocycles. The lowest BCUT2D eigenvalue weighted by Gasteiger charge is -2.23. The van der Waals surface area contributed by atoms with Gasteiger partial charge >= 0.3 is 0 Å². The summed E-state index contributed by atoms with van der Waals surface area (Å²) in [6.07, 6.45) is 0.0646. The highest BCUT2D eigenvalue weighted by Gasteiger charge is 2.28. The van der Waals surface area contributed by atoms with Crippen molar-refractivity contribution < 1.29 is 14.4 Å². The number of carbonyl (C=O) groups excluding carboxylic acids is 3. The molecule has 0 unspecified atom stereocenters. The molecule has 1 heterocycles. The van der Waals surface area contributed by atoms with Gasteiger partial charge in [0.1, 0.15) is 0 Å². The zero-order chi connectivity index (χ0) is 17.1. The molecule has 1 aliphatic rings. The Morgan fingerprint density at radius 3 is 2.75 bits per heavy atom. The third-order valence-corrected chi connectivity index (χ3v) is 4.91. The number of nitrogens with one attached hydrogen (secondary N) is 2. The first kappa shape index (κ1) is 16.3. The molecule has 0 fully saturated rings. The lowest BCUT2D eigenvalue weighted by molar-refractivity contribution is -0.120. The number of hydrogen-bond acceptors (Lipinski definition) is 4. The fraction of sp³-hybridized carbons (Fsp3) is 0.167. The van der Waals surface area contributed by atoms with Crippen molar-refractivity contribution in [3.8, 4) is 0 Å². The first-order valence-electron chi connectivity index (χ1n) is 7.50. The lowest BCUT2D eigenvalue weighted by atomic mass is 10.1. The largest absolute Gasteiger partial charge is 0.326 e. The number of Topliss-reactive ketones (excluding diaryl/α,β-unsaturated/α-hetero) is 1. The summed E-state index contributed by atoms with van der Waals surface area (Å²) in [5.41, 5.74) is 1.86. The van der Waals surface area contributed by atoms with E-state index in [4.69, 9.17) is 0 Å². The van der Waals surface area contributed by atoms with Gasteiger partial charge in [-0.25, -0.2) is 0 Å². The Balaban J connectivity index is 1.66. The number of carbonyl (C=O) groups is 3. The number of benzene rings is 2. The molecular weight excluding hydrogens is 324 g/mol. The minimum absolute atomic E-state index is 0.0646. The summed E-state index contributed by atoms with van der Waals surface area (Å²) in [6, 6.07) is 14.3. The van der Waals surface area contributed by atoms with Gasteiger partial charge in [0.2, 0.25) is 11.8 Å². The highest BCUT2D eigenvalue weighted by atomic mass is 32.2. The van der Waals surface area contributed by atoms with E-state index in [1.807, 2.05) is 24.3 Å². The number of para-hydroxylation sites is 1. The molecule has 2 amide bonds. The van der Waals surface area contributed by atoms with E-state index >= 15 is 0 Å². The minimum Gasteiger partial charge on any atom is -0.326 e. The summed E-state index contributed by atoms with van der Waals surface area (Å²) < 4.78 is 0. The molecule has 1 atom stereocenters. The van der Waals surface area contributed by atoms with E-state index in [9.17, 15) is 14.4 Å². The Bertz CT molecular complexity index is 819. The highest BCUT2D eigenvalue weighted by molar-refractivity contribution is 8.01. The molecule has 0 saturated carbocycles. The van der Waals surface area contributed by atoms with E-state index in [2.05, 4.69) is 10.6 Å². The Kier molecular flexibility index (Phi) is 4.66. The molecule has 24 heavy (non-hydrogen) atoms. The van der Waals surface area contributed by atoms with Crippen molar-refractivity contribution in [1.29, 1.82) is 0 Å². The number of amides is 2. The summed E-state index contributed by atoms with van der Waals surface area (Å²) in [7, 11) is 0. The van der Waals surface area contributed by atoms with E-state index in [0.29, 0.717) is 11.3 Å². The summed E-state index contributed by atoms with van der Waals surface area (Å²) >= 11 is 1.39. The van der Waals surface area contributed by atoms with E-state index in [1.165, 1.54) is 18.7 Å². The molecule has 6 heteroatoms. The van der Waals surface area contributed by atoms with Crippen molar-refractivity contribution in [1.82, 2.24) is 0 Å². The summed E-state index contributed by atoms with van der Waals surface area (Å²) in [6.45, 7) is 1.47. The Morgan fingerprint density at radius 1 is 1.17 bits per heavy atom. The summed E-state index contributed by atoms with van der Waals surface area (Å²) in [5.74, 6) is -0.501. The van der Waals surface area contributed by atoms with Gasteiger partial charge in [-0.3, -0.25) is 14.4 Å². The van der Waals surface area contributed by atoms with Crippen LogP contribution in [0.2, 0.25) is 0 Å². The zero-order valence-electron chi connectivity index (χ0n) is 13.0. The van der Waals surface area contributed by atoms with Crippen LogP contribution < -0.4 is 10.6 Å². The van der Waals surface area contributed by atoms with Crippen molar-refractivity contribution in [3.63, 3.8) is 0 Å². The van der Waals surface area contributed by atoms with Crippen LogP contribution in [0.25, 0.3) is 0 Å². The topological polar surface area (TPSA) is 75.3 Å². The second-order valence-corrected chi connectivity index (χ2v) is 6.73. The monoisotopic (exact) mass is 340 g/mol. The van der Waals surface area contributed by atoms with Crippen molar-refractivity contribution in [2.45, 2.75) is 23.5 Å². The van der Waals surface area contributed by atoms with Crippen LogP contribution in [-0.2, 0) is 9.59 Å². The molecule has 0 radical (unpaired) electrons. The number of hydrogen-bond donors (Lipinski definition) is 2. The number of rotatable bonds is 4. The van der Waals surface area contributed by atoms with E-state index in [-0.39, 0.29) is 24.0 Å². The van der Waals surface area contributed by atoms with Crippen LogP contribution in [-0.4, -0.2) is 22.8 Å². The molecular formula is C18H16N2O3S. The normalized spacial score (nSPS) is 16.0. The molecule has 5 nitrogen and oxygen atoms in total. The van der Waals surface area contributed by atoms with Crippen molar-refractivity contribution in [3.05, 3.63) is 54.1 Å². The average molecular weight is 340 g/mol. The second-order valence-electron chi connectivity index (χ2n) is 5.48. The average Bonchev–Trinajstić information content (AvgIpc) is 2.55. The second kappa shape index (κ2) is 6.88. The molecule has 1 aliphatic heterocycles. The van der Waals surface area contributed by atoms with Gasteiger partial charge in [0, 0.05) is 22.6 Å². The van der Waals surface area contributed by atoms with Gasteiger partial charge in [0.15, 0.2) is 5.78 Å². The summed E-state index contributed by atoms with van der Waals surface area (Å²) in [4.78, 5) is 36.7. The quantitative estimate of drug-likeness (QED) is 0.837. The highest BCUT2D eigenvalue weighted by Crippen LogP contribution is 2.36. The predicted molar refractivity (Wildman–Crippen MR) is 94.4 cm³/mol. The van der Waals surface area contributed by atoms with Gasteiger partial charge in [-0.2, -0.15) is 0 Å². The predicted octanol–water partition coefficient (Wildman–Crippen LogP) is 3.33. The fourth-order valence-corrected chi connectivity index (χ4v) is 3.53. The molecule has 0 bridgehead atoms. The molecule has 2 N–H and O–H groups in total. The molecule has 122 valence electrons. The Labute approximate surface area is 143 Å². The number of fused-ring (bicyclic) bond motifs is 1. The minimum atomic E-state index is -0.476. The molecule has 3 rings (SSSR count). The maximum Gasteiger partial charge on any atom is 0.238 e. The standard InChI is InChI=1S/C18H16N2O3S/c1-11(21)12-5-4-6-13(9-12)19-17(22)10-16-18(23)20-14-7-2-3-8-15(14)24-16/h2-9,16H,10H2,1H3,(H,19,22)(H,20,23)/t16-/m0/s1. The zero-order valence-corrected chi connectivity index (χ0v) is 13.9. The van der Waals surface area contributed by atoms with Crippen LogP contribution in [0.5, 0.6) is 0 Å². The van der Waals surface area contributed by atoms with Gasteiger partial charge in [-0.05, 0) is 31.2 Å². The van der Waals surface area contributed by atoms with E-state index < -0.39 is 5.25 Å². The molecule has 0 aliphatic carbocycles. The van der Waals surface area contributed by atoms with Crippen LogP contribution in [0.3, 0.4) is 0 Å². The molecule has 0 aromatic heterocycles. The van der Waals surface area contributed by atoms with Gasteiger partial charge < -0.3 is 10.6 Å². The van der Waals surface area contributed by atoms with Crippen LogP contribution in [0.4, 0.5) is 11.4 Å². The van der Waals surface area contributed by atoms with Crippen LogP contribution in [0.15, 0.2) is 53.4 Å². The van der Waals surface area contributed by atoms with Gasteiger partial charge in [0.25, 0.3) is 0 Å². The Hall–Kier alpha value is -2.60. The maximum absolute atomic E-state index is 12.2. The smallest absolute Gasteiger partial charge is 0.238 e. The van der Waals surface area contributed by atoms with Crippen molar-refractivity contribution >= 4 is 40.7 Å². The number of thioether (sulfide) groups is 1. The van der Waals surface area contributed by atoms with Crippen molar-refractivity contribution in [2.24, 2.45) is 0 Å².